The minimum Gasteiger partial charge on any atom is -0.504 e. The van der Waals surface area contributed by atoms with Crippen LogP contribution in [0.25, 0.3) is 0 Å². The summed E-state index contributed by atoms with van der Waals surface area (Å²) in [4.78, 5) is 13.5. The molecule has 1 aliphatic heterocycles. The van der Waals surface area contributed by atoms with Crippen LogP contribution >= 0.6 is 0 Å². The first kappa shape index (κ1) is 11.0. The van der Waals surface area contributed by atoms with Gasteiger partial charge in [-0.25, -0.2) is 0 Å². The lowest BCUT2D eigenvalue weighted by molar-refractivity contribution is -0.124. The first-order valence-electron chi connectivity index (χ1n) is 5.76. The molecule has 3 rings (SSSR count). The highest BCUT2D eigenvalue weighted by Gasteiger charge is 2.34. The summed E-state index contributed by atoms with van der Waals surface area (Å²) in [5.41, 5.74) is 2.19. The Bertz CT molecular complexity index is 578. The van der Waals surface area contributed by atoms with Gasteiger partial charge in [-0.2, -0.15) is 0 Å². The predicted octanol–water partition coefficient (Wildman–Crippen LogP) is 0.992. The van der Waals surface area contributed by atoms with Crippen molar-refractivity contribution in [2.45, 2.75) is 12.1 Å². The Morgan fingerprint density at radius 1 is 1.33 bits per heavy atom. The SMILES string of the molecule is CN1C2=CC(O)C(=O)C(O)=C2C=C2C=CC=CC21. The number of nitrogens with zero attached hydrogens (tertiary/aromatic N) is 1. The summed E-state index contributed by atoms with van der Waals surface area (Å²) in [6.07, 6.45) is 9.88. The van der Waals surface area contributed by atoms with Crippen LogP contribution in [0, 0.1) is 0 Å². The van der Waals surface area contributed by atoms with Crippen molar-refractivity contribution in [2.75, 3.05) is 7.05 Å². The first-order valence-corrected chi connectivity index (χ1v) is 5.76. The van der Waals surface area contributed by atoms with Crippen molar-refractivity contribution in [1.82, 2.24) is 4.90 Å². The fourth-order valence-corrected chi connectivity index (χ4v) is 2.51. The predicted molar refractivity (Wildman–Crippen MR) is 66.7 cm³/mol. The van der Waals surface area contributed by atoms with Crippen LogP contribution < -0.4 is 0 Å². The second-order valence-corrected chi connectivity index (χ2v) is 4.57. The number of aliphatic hydroxyl groups excluding tert-OH is 2. The second-order valence-electron chi connectivity index (χ2n) is 4.57. The Morgan fingerprint density at radius 2 is 2.11 bits per heavy atom. The molecular weight excluding hydrogens is 230 g/mol. The highest BCUT2D eigenvalue weighted by molar-refractivity contribution is 6.01. The maximum atomic E-state index is 11.6. The van der Waals surface area contributed by atoms with Gasteiger partial charge in [-0.15, -0.1) is 0 Å². The topological polar surface area (TPSA) is 60.8 Å². The number of Topliss-reactive ketones (excluding diaryl/α,β-unsaturated/α-hetero) is 1. The molecule has 2 aliphatic carbocycles. The summed E-state index contributed by atoms with van der Waals surface area (Å²) in [6, 6.07) is 0.0817. The third kappa shape index (κ3) is 1.39. The largest absolute Gasteiger partial charge is 0.504 e. The van der Waals surface area contributed by atoms with E-state index in [-0.39, 0.29) is 11.8 Å². The third-order valence-electron chi connectivity index (χ3n) is 3.49. The van der Waals surface area contributed by atoms with E-state index in [1.807, 2.05) is 36.3 Å². The molecule has 1 heterocycles. The number of allylic oxidation sites excluding steroid dienone is 3. The minimum atomic E-state index is -1.26. The molecule has 0 radical (unpaired) electrons. The molecule has 0 spiro atoms. The Labute approximate surface area is 105 Å². The van der Waals surface area contributed by atoms with Crippen molar-refractivity contribution in [3.63, 3.8) is 0 Å². The van der Waals surface area contributed by atoms with Crippen molar-refractivity contribution >= 4 is 5.78 Å². The van der Waals surface area contributed by atoms with Gasteiger partial charge in [0, 0.05) is 18.3 Å². The van der Waals surface area contributed by atoms with E-state index in [0.29, 0.717) is 11.3 Å². The number of carbonyl (C=O) groups excluding carboxylic acids is 1. The molecule has 4 nitrogen and oxygen atoms in total. The van der Waals surface area contributed by atoms with Crippen LogP contribution in [0.4, 0.5) is 0 Å². The molecule has 0 amide bonds. The molecule has 18 heavy (non-hydrogen) atoms. The van der Waals surface area contributed by atoms with Gasteiger partial charge in [0.05, 0.1) is 6.04 Å². The van der Waals surface area contributed by atoms with Gasteiger partial charge >= 0.3 is 0 Å². The molecule has 0 bridgehead atoms. The number of rotatable bonds is 0. The van der Waals surface area contributed by atoms with E-state index in [1.54, 1.807) is 6.08 Å². The lowest BCUT2D eigenvalue weighted by atomic mass is 9.87. The summed E-state index contributed by atoms with van der Waals surface area (Å²) >= 11 is 0. The van der Waals surface area contributed by atoms with E-state index in [4.69, 9.17) is 0 Å². The molecule has 0 saturated heterocycles. The minimum absolute atomic E-state index is 0.0817. The fourth-order valence-electron chi connectivity index (χ4n) is 2.51. The summed E-state index contributed by atoms with van der Waals surface area (Å²) in [5.74, 6) is -1.01. The molecule has 2 N–H and O–H groups in total. The smallest absolute Gasteiger partial charge is 0.230 e. The summed E-state index contributed by atoms with van der Waals surface area (Å²) in [5, 5.41) is 19.5. The maximum Gasteiger partial charge on any atom is 0.230 e. The molecule has 0 aromatic rings. The Hall–Kier alpha value is -2.07. The Morgan fingerprint density at radius 3 is 2.89 bits per heavy atom. The zero-order valence-corrected chi connectivity index (χ0v) is 9.87. The summed E-state index contributed by atoms with van der Waals surface area (Å²) < 4.78 is 0. The van der Waals surface area contributed by atoms with Crippen LogP contribution in [0.5, 0.6) is 0 Å². The molecule has 2 atom stereocenters. The second kappa shape index (κ2) is 3.71. The number of fused-ring (bicyclic) bond motifs is 2. The van der Waals surface area contributed by atoms with E-state index in [0.717, 1.165) is 5.57 Å². The Balaban J connectivity index is 2.19. The van der Waals surface area contributed by atoms with Gasteiger partial charge in [-0.05, 0) is 17.7 Å². The van der Waals surface area contributed by atoms with E-state index in [2.05, 4.69) is 0 Å². The van der Waals surface area contributed by atoms with Gasteiger partial charge in [-0.3, -0.25) is 4.79 Å². The van der Waals surface area contributed by atoms with E-state index < -0.39 is 11.9 Å². The van der Waals surface area contributed by atoms with Crippen LogP contribution in [-0.4, -0.2) is 40.1 Å². The van der Waals surface area contributed by atoms with Crippen molar-refractivity contribution in [2.24, 2.45) is 0 Å². The van der Waals surface area contributed by atoms with Crippen LogP contribution in [-0.2, 0) is 4.79 Å². The molecule has 4 heteroatoms. The van der Waals surface area contributed by atoms with Crippen LogP contribution in [0.15, 0.2) is 59.1 Å². The molecule has 92 valence electrons. The summed E-state index contributed by atoms with van der Waals surface area (Å²) in [6.45, 7) is 0. The molecule has 0 saturated carbocycles. The van der Waals surface area contributed by atoms with Gasteiger partial charge in [0.2, 0.25) is 5.78 Å². The fraction of sp³-hybridized carbons (Fsp3) is 0.214. The van der Waals surface area contributed by atoms with Gasteiger partial charge in [0.15, 0.2) is 5.76 Å². The number of aliphatic hydroxyl groups is 2. The highest BCUT2D eigenvalue weighted by atomic mass is 16.3. The lowest BCUT2D eigenvalue weighted by Gasteiger charge is -2.38. The van der Waals surface area contributed by atoms with Crippen molar-refractivity contribution in [3.8, 4) is 0 Å². The highest BCUT2D eigenvalue weighted by Crippen LogP contribution is 2.35. The zero-order chi connectivity index (χ0) is 12.9. The number of hydrogen-bond acceptors (Lipinski definition) is 4. The molecular formula is C14H13NO3. The van der Waals surface area contributed by atoms with E-state index in [1.165, 1.54) is 6.08 Å². The normalized spacial score (nSPS) is 29.9. The van der Waals surface area contributed by atoms with Crippen molar-refractivity contribution in [1.29, 1.82) is 0 Å². The maximum absolute atomic E-state index is 11.6. The monoisotopic (exact) mass is 243 g/mol. The molecule has 2 unspecified atom stereocenters. The first-order chi connectivity index (χ1) is 8.59. The van der Waals surface area contributed by atoms with Gasteiger partial charge in [-0.1, -0.05) is 24.3 Å². The van der Waals surface area contributed by atoms with Gasteiger partial charge < -0.3 is 15.1 Å². The lowest BCUT2D eigenvalue weighted by Crippen LogP contribution is -2.39. The van der Waals surface area contributed by atoms with Crippen molar-refractivity contribution < 1.29 is 15.0 Å². The number of likely N-dealkylation sites (N-methyl/N-ethyl adjacent to an activating group) is 1. The van der Waals surface area contributed by atoms with Crippen LogP contribution in [0.1, 0.15) is 0 Å². The number of hydrogen-bond donors (Lipinski definition) is 2. The molecule has 0 fully saturated rings. The van der Waals surface area contributed by atoms with Gasteiger partial charge in [0.25, 0.3) is 0 Å². The summed E-state index contributed by atoms with van der Waals surface area (Å²) in [7, 11) is 1.88. The van der Waals surface area contributed by atoms with Crippen molar-refractivity contribution in [3.05, 3.63) is 59.1 Å². The average molecular weight is 243 g/mol. The molecule has 0 aromatic carbocycles. The van der Waals surface area contributed by atoms with Crippen LogP contribution in [0.2, 0.25) is 0 Å². The standard InChI is InChI=1S/C14H13NO3/c1-15-10-5-3-2-4-8(10)6-9-11(15)7-12(16)14(18)13(9)17/h2-7,10,12,16-17H,1H3. The van der Waals surface area contributed by atoms with E-state index in [9.17, 15) is 15.0 Å². The molecule has 3 aliphatic rings. The van der Waals surface area contributed by atoms with Crippen LogP contribution in [0.3, 0.4) is 0 Å². The number of ketones is 1. The number of carbonyl (C=O) groups is 1. The van der Waals surface area contributed by atoms with Gasteiger partial charge in [0.1, 0.15) is 6.10 Å². The molecule has 0 aromatic heterocycles. The van der Waals surface area contributed by atoms with E-state index >= 15 is 0 Å². The third-order valence-corrected chi connectivity index (χ3v) is 3.49. The quantitative estimate of drug-likeness (QED) is 0.666. The average Bonchev–Trinajstić information content (AvgIpc) is 2.38. The Kier molecular flexibility index (Phi) is 2.28. The zero-order valence-electron chi connectivity index (χ0n) is 9.87.